The van der Waals surface area contributed by atoms with Gasteiger partial charge >= 0.3 is 0 Å². The smallest absolute Gasteiger partial charge is 0.221 e. The van der Waals surface area contributed by atoms with Gasteiger partial charge in [-0.25, -0.2) is 14.6 Å². The number of nitriles is 1. The van der Waals surface area contributed by atoms with Crippen LogP contribution in [0.15, 0.2) is 48.7 Å². The van der Waals surface area contributed by atoms with Crippen LogP contribution < -0.4 is 10.5 Å². The number of hydrogen-bond acceptors (Lipinski definition) is 8. The highest BCUT2D eigenvalue weighted by molar-refractivity contribution is 5.74. The van der Waals surface area contributed by atoms with Crippen LogP contribution in [0.5, 0.6) is 5.75 Å². The van der Waals surface area contributed by atoms with Crippen molar-refractivity contribution in [3.05, 3.63) is 65.6 Å². The van der Waals surface area contributed by atoms with Crippen LogP contribution in [0.4, 0.5) is 5.95 Å². The van der Waals surface area contributed by atoms with Gasteiger partial charge in [0.05, 0.1) is 42.0 Å². The third-order valence-electron chi connectivity index (χ3n) is 5.95. The molecule has 178 valence electrons. The number of nitrogens with zero attached hydrogens (tertiary/aromatic N) is 7. The third-order valence-corrected chi connectivity index (χ3v) is 5.95. The molecule has 3 heterocycles. The molecule has 0 radical (unpaired) electrons. The second-order valence-corrected chi connectivity index (χ2v) is 8.78. The molecule has 35 heavy (non-hydrogen) atoms. The lowest BCUT2D eigenvalue weighted by atomic mass is 9.86. The van der Waals surface area contributed by atoms with Crippen LogP contribution in [0.2, 0.25) is 0 Å². The SMILES string of the molecule is CCOc1c(C#N)cccc1-c1cc(-c2cn(Cc3cccc(C(C)(C)CC)n3)nn2)nc(N)n1. The fourth-order valence-electron chi connectivity index (χ4n) is 3.65. The lowest BCUT2D eigenvalue weighted by Crippen LogP contribution is -2.18. The minimum atomic E-state index is 0.00160. The maximum absolute atomic E-state index is 9.49. The minimum Gasteiger partial charge on any atom is -0.492 e. The van der Waals surface area contributed by atoms with Gasteiger partial charge in [0.15, 0.2) is 0 Å². The number of anilines is 1. The van der Waals surface area contributed by atoms with Crippen molar-refractivity contribution in [1.82, 2.24) is 29.9 Å². The molecule has 0 aliphatic heterocycles. The number of nitrogens with two attached hydrogens (primary N) is 1. The van der Waals surface area contributed by atoms with E-state index in [1.807, 2.05) is 25.1 Å². The average molecular weight is 469 g/mol. The second kappa shape index (κ2) is 9.89. The Labute approximate surface area is 204 Å². The van der Waals surface area contributed by atoms with Gasteiger partial charge in [0.2, 0.25) is 5.95 Å². The molecule has 2 N–H and O–H groups in total. The summed E-state index contributed by atoms with van der Waals surface area (Å²) in [6.45, 7) is 9.29. The zero-order valence-corrected chi connectivity index (χ0v) is 20.4. The number of para-hydroxylation sites is 1. The van der Waals surface area contributed by atoms with Gasteiger partial charge in [0.25, 0.3) is 0 Å². The Morgan fingerprint density at radius 1 is 1.03 bits per heavy atom. The highest BCUT2D eigenvalue weighted by atomic mass is 16.5. The molecule has 9 heteroatoms. The van der Waals surface area contributed by atoms with Crippen molar-refractivity contribution in [3.8, 4) is 34.5 Å². The van der Waals surface area contributed by atoms with Gasteiger partial charge in [-0.05, 0) is 43.7 Å². The molecule has 0 atom stereocenters. The highest BCUT2D eigenvalue weighted by Crippen LogP contribution is 2.33. The van der Waals surface area contributed by atoms with Gasteiger partial charge in [-0.15, -0.1) is 5.10 Å². The molecule has 0 saturated carbocycles. The van der Waals surface area contributed by atoms with E-state index in [0.717, 1.165) is 17.8 Å². The number of aromatic nitrogens is 6. The molecule has 0 aliphatic carbocycles. The van der Waals surface area contributed by atoms with Crippen molar-refractivity contribution in [1.29, 1.82) is 5.26 Å². The summed E-state index contributed by atoms with van der Waals surface area (Å²) in [7, 11) is 0. The molecule has 4 rings (SSSR count). The molecular weight excluding hydrogens is 440 g/mol. The molecule has 9 nitrogen and oxygen atoms in total. The van der Waals surface area contributed by atoms with E-state index in [4.69, 9.17) is 15.5 Å². The first-order chi connectivity index (χ1) is 16.8. The number of ether oxygens (including phenoxy) is 1. The lowest BCUT2D eigenvalue weighted by Gasteiger charge is -2.22. The van der Waals surface area contributed by atoms with Gasteiger partial charge in [-0.2, -0.15) is 5.26 Å². The summed E-state index contributed by atoms with van der Waals surface area (Å²) in [5, 5.41) is 18.0. The molecule has 0 fully saturated rings. The van der Waals surface area contributed by atoms with Crippen LogP contribution in [0.25, 0.3) is 22.6 Å². The number of rotatable bonds is 8. The fourth-order valence-corrected chi connectivity index (χ4v) is 3.65. The standard InChI is InChI=1S/C26H28N8O/c1-5-26(3,4)23-12-8-10-18(29-23)15-34-16-22(32-33-34)21-13-20(30-25(28)31-21)19-11-7-9-17(14-27)24(19)35-6-2/h7-13,16H,5-6,15H2,1-4H3,(H2,28,30,31). The molecule has 3 aromatic heterocycles. The second-order valence-electron chi connectivity index (χ2n) is 8.78. The first-order valence-corrected chi connectivity index (χ1v) is 11.5. The van der Waals surface area contributed by atoms with Crippen molar-refractivity contribution < 1.29 is 4.74 Å². The minimum absolute atomic E-state index is 0.00160. The summed E-state index contributed by atoms with van der Waals surface area (Å²) in [5.41, 5.74) is 10.7. The Hall–Kier alpha value is -4.32. The molecule has 0 aliphatic rings. The van der Waals surface area contributed by atoms with E-state index in [1.54, 1.807) is 29.1 Å². The Morgan fingerprint density at radius 2 is 1.80 bits per heavy atom. The van der Waals surface area contributed by atoms with Crippen LogP contribution in [0.3, 0.4) is 0 Å². The van der Waals surface area contributed by atoms with E-state index < -0.39 is 0 Å². The van der Waals surface area contributed by atoms with Crippen LogP contribution in [-0.4, -0.2) is 36.6 Å². The molecule has 0 saturated heterocycles. The normalized spacial score (nSPS) is 11.3. The summed E-state index contributed by atoms with van der Waals surface area (Å²) in [4.78, 5) is 13.6. The van der Waals surface area contributed by atoms with Crippen molar-refractivity contribution >= 4 is 5.95 Å². The van der Waals surface area contributed by atoms with Gasteiger partial charge in [-0.1, -0.05) is 38.1 Å². The Kier molecular flexibility index (Phi) is 6.73. The van der Waals surface area contributed by atoms with Crippen molar-refractivity contribution in [3.63, 3.8) is 0 Å². The molecule has 0 unspecified atom stereocenters. The number of pyridine rings is 1. The molecule has 0 amide bonds. The van der Waals surface area contributed by atoms with Gasteiger partial charge < -0.3 is 10.5 Å². The summed E-state index contributed by atoms with van der Waals surface area (Å²) in [5.74, 6) is 0.555. The molecule has 4 aromatic rings. The summed E-state index contributed by atoms with van der Waals surface area (Å²) < 4.78 is 7.47. The fraction of sp³-hybridized carbons (Fsp3) is 0.308. The summed E-state index contributed by atoms with van der Waals surface area (Å²) in [6.07, 6.45) is 2.80. The molecular formula is C26H28N8O. The Balaban J connectivity index is 1.65. The first-order valence-electron chi connectivity index (χ1n) is 11.5. The van der Waals surface area contributed by atoms with E-state index in [1.165, 1.54) is 0 Å². The maximum Gasteiger partial charge on any atom is 0.221 e. The average Bonchev–Trinajstić information content (AvgIpc) is 3.32. The van der Waals surface area contributed by atoms with E-state index in [2.05, 4.69) is 53.2 Å². The summed E-state index contributed by atoms with van der Waals surface area (Å²) in [6, 6.07) is 15.3. The Morgan fingerprint density at radius 3 is 2.54 bits per heavy atom. The predicted molar refractivity (Wildman–Crippen MR) is 133 cm³/mol. The van der Waals surface area contributed by atoms with Crippen LogP contribution in [-0.2, 0) is 12.0 Å². The molecule has 0 bridgehead atoms. The number of hydrogen-bond donors (Lipinski definition) is 1. The third kappa shape index (κ3) is 5.11. The van der Waals surface area contributed by atoms with Gasteiger partial charge in [-0.3, -0.25) is 4.98 Å². The molecule has 0 spiro atoms. The van der Waals surface area contributed by atoms with E-state index in [0.29, 0.717) is 47.1 Å². The zero-order chi connectivity index (χ0) is 25.0. The Bertz CT molecular complexity index is 1390. The van der Waals surface area contributed by atoms with Crippen LogP contribution >= 0.6 is 0 Å². The molecule has 1 aromatic carbocycles. The van der Waals surface area contributed by atoms with Gasteiger partial charge in [0.1, 0.15) is 17.5 Å². The number of nitrogen functional groups attached to an aromatic ring is 1. The quantitative estimate of drug-likeness (QED) is 0.403. The number of benzene rings is 1. The van der Waals surface area contributed by atoms with Crippen LogP contribution in [0.1, 0.15) is 51.1 Å². The van der Waals surface area contributed by atoms with E-state index >= 15 is 0 Å². The van der Waals surface area contributed by atoms with E-state index in [9.17, 15) is 5.26 Å². The van der Waals surface area contributed by atoms with E-state index in [-0.39, 0.29) is 11.4 Å². The summed E-state index contributed by atoms with van der Waals surface area (Å²) >= 11 is 0. The highest BCUT2D eigenvalue weighted by Gasteiger charge is 2.20. The predicted octanol–water partition coefficient (Wildman–Crippen LogP) is 4.39. The maximum atomic E-state index is 9.49. The van der Waals surface area contributed by atoms with Gasteiger partial charge in [0, 0.05) is 16.7 Å². The zero-order valence-electron chi connectivity index (χ0n) is 20.4. The first kappa shape index (κ1) is 23.8. The lowest BCUT2D eigenvalue weighted by molar-refractivity contribution is 0.340. The van der Waals surface area contributed by atoms with Crippen molar-refractivity contribution in [2.75, 3.05) is 12.3 Å². The largest absolute Gasteiger partial charge is 0.492 e. The topological polar surface area (TPSA) is 128 Å². The van der Waals surface area contributed by atoms with Crippen LogP contribution in [0, 0.1) is 11.3 Å². The monoisotopic (exact) mass is 468 g/mol. The van der Waals surface area contributed by atoms with Crippen molar-refractivity contribution in [2.24, 2.45) is 0 Å². The van der Waals surface area contributed by atoms with Crippen molar-refractivity contribution in [2.45, 2.75) is 46.1 Å².